The van der Waals surface area contributed by atoms with Gasteiger partial charge in [-0.2, -0.15) is 0 Å². The first-order valence-corrected chi connectivity index (χ1v) is 5.35. The number of Topliss-reactive ketones (excluding diaryl/α,β-unsaturated/α-hetero) is 1. The van der Waals surface area contributed by atoms with Gasteiger partial charge in [0.05, 0.1) is 0 Å². The van der Waals surface area contributed by atoms with E-state index in [2.05, 4.69) is 15.9 Å². The minimum atomic E-state index is 0.149. The number of hydrogen-bond acceptors (Lipinski definition) is 1. The van der Waals surface area contributed by atoms with Crippen LogP contribution in [0.15, 0.2) is 28.7 Å². The molecular weight excluding hydrogens is 228 g/mol. The molecule has 1 nitrogen and oxygen atoms in total. The van der Waals surface area contributed by atoms with E-state index in [-0.39, 0.29) is 5.92 Å². The second-order valence-corrected chi connectivity index (χ2v) is 4.29. The molecule has 68 valence electrons. The monoisotopic (exact) mass is 238 g/mol. The van der Waals surface area contributed by atoms with E-state index in [1.165, 1.54) is 0 Å². The van der Waals surface area contributed by atoms with Crippen LogP contribution in [0.4, 0.5) is 0 Å². The van der Waals surface area contributed by atoms with Crippen molar-refractivity contribution in [3.63, 3.8) is 0 Å². The van der Waals surface area contributed by atoms with Crippen LogP contribution in [0.25, 0.3) is 0 Å². The first kappa shape index (κ1) is 8.95. The lowest BCUT2D eigenvalue weighted by Gasteiger charge is -2.09. The molecule has 2 rings (SSSR count). The van der Waals surface area contributed by atoms with Crippen LogP contribution < -0.4 is 0 Å². The third kappa shape index (κ3) is 1.68. The normalized spacial score (nSPS) is 22.2. The molecule has 0 N–H and O–H groups in total. The van der Waals surface area contributed by atoms with Crippen LogP contribution in [-0.2, 0) is 4.79 Å². The highest BCUT2D eigenvalue weighted by Gasteiger charge is 2.26. The van der Waals surface area contributed by atoms with Crippen LogP contribution in [0.3, 0.4) is 0 Å². The van der Waals surface area contributed by atoms with E-state index in [1.54, 1.807) is 0 Å². The lowest BCUT2D eigenvalue weighted by Crippen LogP contribution is -2.04. The molecule has 1 aliphatic rings. The first-order valence-electron chi connectivity index (χ1n) is 4.56. The van der Waals surface area contributed by atoms with Gasteiger partial charge < -0.3 is 0 Å². The molecule has 2 heteroatoms. The van der Waals surface area contributed by atoms with Crippen molar-refractivity contribution in [1.82, 2.24) is 0 Å². The number of rotatable bonds is 1. The van der Waals surface area contributed by atoms with Crippen LogP contribution in [0.1, 0.15) is 30.7 Å². The Morgan fingerprint density at radius 2 is 2.08 bits per heavy atom. The summed E-state index contributed by atoms with van der Waals surface area (Å²) in [5.74, 6) is 0.544. The van der Waals surface area contributed by atoms with Gasteiger partial charge in [0.15, 0.2) is 0 Å². The molecule has 0 saturated heterocycles. The van der Waals surface area contributed by atoms with E-state index < -0.39 is 0 Å². The number of halogens is 1. The molecule has 0 spiro atoms. The minimum Gasteiger partial charge on any atom is -0.299 e. The highest BCUT2D eigenvalue weighted by atomic mass is 79.9. The van der Waals surface area contributed by atoms with Crippen LogP contribution in [0.5, 0.6) is 0 Å². The third-order valence-corrected chi connectivity index (χ3v) is 3.31. The molecular formula is C11H11BrO. The molecule has 1 atom stereocenters. The fourth-order valence-electron chi connectivity index (χ4n) is 1.90. The Kier molecular flexibility index (Phi) is 2.49. The summed E-state index contributed by atoms with van der Waals surface area (Å²) in [6.07, 6.45) is 2.82. The van der Waals surface area contributed by atoms with Gasteiger partial charge in [-0.25, -0.2) is 0 Å². The Labute approximate surface area is 86.3 Å². The number of carbonyl (C=O) groups is 1. The zero-order chi connectivity index (χ0) is 9.26. The molecule has 0 aliphatic heterocycles. The van der Waals surface area contributed by atoms with E-state index >= 15 is 0 Å². The number of carbonyl (C=O) groups excluding carboxylic acids is 1. The average molecular weight is 239 g/mol. The molecule has 0 bridgehead atoms. The smallest absolute Gasteiger partial charge is 0.140 e. The number of benzene rings is 1. The van der Waals surface area contributed by atoms with Crippen molar-refractivity contribution in [1.29, 1.82) is 0 Å². The second-order valence-electron chi connectivity index (χ2n) is 3.43. The van der Waals surface area contributed by atoms with Gasteiger partial charge in [-0.15, -0.1) is 0 Å². The van der Waals surface area contributed by atoms with Gasteiger partial charge in [0.2, 0.25) is 0 Å². The zero-order valence-electron chi connectivity index (χ0n) is 7.29. The maximum absolute atomic E-state index is 11.5. The van der Waals surface area contributed by atoms with Crippen molar-refractivity contribution >= 4 is 21.7 Å². The molecule has 0 heterocycles. The standard InChI is InChI=1S/C11H11BrO/c12-10-6-2-1-4-8(10)9-5-3-7-11(9)13/h1-2,4,6,9H,3,5,7H2. The summed E-state index contributed by atoms with van der Waals surface area (Å²) in [5.41, 5.74) is 1.16. The number of hydrogen-bond donors (Lipinski definition) is 0. The van der Waals surface area contributed by atoms with Crippen molar-refractivity contribution in [2.75, 3.05) is 0 Å². The van der Waals surface area contributed by atoms with Crippen LogP contribution >= 0.6 is 15.9 Å². The largest absolute Gasteiger partial charge is 0.299 e. The Balaban J connectivity index is 2.34. The Morgan fingerprint density at radius 1 is 1.31 bits per heavy atom. The van der Waals surface area contributed by atoms with E-state index in [1.807, 2.05) is 24.3 Å². The highest BCUT2D eigenvalue weighted by molar-refractivity contribution is 9.10. The fraction of sp³-hybridized carbons (Fsp3) is 0.364. The van der Waals surface area contributed by atoms with Crippen molar-refractivity contribution in [2.24, 2.45) is 0 Å². The lowest BCUT2D eigenvalue weighted by molar-refractivity contribution is -0.118. The zero-order valence-corrected chi connectivity index (χ0v) is 8.88. The predicted octanol–water partition coefficient (Wildman–Crippen LogP) is 3.29. The fourth-order valence-corrected chi connectivity index (χ4v) is 2.46. The van der Waals surface area contributed by atoms with Gasteiger partial charge in [0, 0.05) is 16.8 Å². The topological polar surface area (TPSA) is 17.1 Å². The van der Waals surface area contributed by atoms with Crippen molar-refractivity contribution < 1.29 is 4.79 Å². The molecule has 1 aromatic carbocycles. The van der Waals surface area contributed by atoms with Crippen LogP contribution in [0.2, 0.25) is 0 Å². The Hall–Kier alpha value is -0.630. The van der Waals surface area contributed by atoms with Crippen molar-refractivity contribution in [2.45, 2.75) is 25.2 Å². The van der Waals surface area contributed by atoms with Gasteiger partial charge >= 0.3 is 0 Å². The lowest BCUT2D eigenvalue weighted by atomic mass is 9.97. The molecule has 1 unspecified atom stereocenters. The van der Waals surface area contributed by atoms with Gasteiger partial charge in [0.25, 0.3) is 0 Å². The van der Waals surface area contributed by atoms with Gasteiger partial charge in [0.1, 0.15) is 5.78 Å². The maximum atomic E-state index is 11.5. The Bertz CT molecular complexity index is 333. The van der Waals surface area contributed by atoms with Crippen LogP contribution in [-0.4, -0.2) is 5.78 Å². The van der Waals surface area contributed by atoms with E-state index in [0.717, 1.165) is 29.3 Å². The van der Waals surface area contributed by atoms with Gasteiger partial charge in [-0.05, 0) is 24.5 Å². The van der Waals surface area contributed by atoms with Crippen LogP contribution in [0, 0.1) is 0 Å². The molecule has 0 radical (unpaired) electrons. The Morgan fingerprint density at radius 3 is 2.69 bits per heavy atom. The molecule has 1 fully saturated rings. The molecule has 0 aromatic heterocycles. The van der Waals surface area contributed by atoms with Crippen molar-refractivity contribution in [3.8, 4) is 0 Å². The SMILES string of the molecule is O=C1CCCC1c1ccccc1Br. The predicted molar refractivity (Wildman–Crippen MR) is 55.7 cm³/mol. The van der Waals surface area contributed by atoms with Gasteiger partial charge in [-0.1, -0.05) is 34.1 Å². The van der Waals surface area contributed by atoms with E-state index in [4.69, 9.17) is 0 Å². The quantitative estimate of drug-likeness (QED) is 0.734. The summed E-state index contributed by atoms with van der Waals surface area (Å²) >= 11 is 3.48. The maximum Gasteiger partial charge on any atom is 0.140 e. The first-order chi connectivity index (χ1) is 6.29. The minimum absolute atomic E-state index is 0.149. The molecule has 13 heavy (non-hydrogen) atoms. The van der Waals surface area contributed by atoms with E-state index in [9.17, 15) is 4.79 Å². The third-order valence-electron chi connectivity index (χ3n) is 2.59. The second kappa shape index (κ2) is 3.62. The molecule has 1 saturated carbocycles. The summed E-state index contributed by atoms with van der Waals surface area (Å²) in [6, 6.07) is 8.01. The summed E-state index contributed by atoms with van der Waals surface area (Å²) in [6.45, 7) is 0. The summed E-state index contributed by atoms with van der Waals surface area (Å²) < 4.78 is 1.07. The molecule has 1 aromatic rings. The molecule has 1 aliphatic carbocycles. The number of ketones is 1. The highest BCUT2D eigenvalue weighted by Crippen LogP contribution is 2.34. The van der Waals surface area contributed by atoms with Gasteiger partial charge in [-0.3, -0.25) is 4.79 Å². The average Bonchev–Trinajstić information content (AvgIpc) is 2.52. The molecule has 0 amide bonds. The van der Waals surface area contributed by atoms with Crippen molar-refractivity contribution in [3.05, 3.63) is 34.3 Å². The summed E-state index contributed by atoms with van der Waals surface area (Å²) in [5, 5.41) is 0. The summed E-state index contributed by atoms with van der Waals surface area (Å²) in [7, 11) is 0. The van der Waals surface area contributed by atoms with E-state index in [0.29, 0.717) is 5.78 Å². The summed E-state index contributed by atoms with van der Waals surface area (Å²) in [4.78, 5) is 11.5.